The molecule has 2 aliphatic rings. The smallest absolute Gasteiger partial charge is 0.00449 e. The Bertz CT molecular complexity index is 345. The van der Waals surface area contributed by atoms with E-state index in [1.54, 1.807) is 0 Å². The van der Waals surface area contributed by atoms with Gasteiger partial charge in [-0.1, -0.05) is 113 Å². The van der Waals surface area contributed by atoms with Crippen molar-refractivity contribution in [1.29, 1.82) is 0 Å². The Hall–Kier alpha value is 2.10. The van der Waals surface area contributed by atoms with Gasteiger partial charge in [-0.15, -0.1) is 0 Å². The van der Waals surface area contributed by atoms with E-state index >= 15 is 0 Å². The lowest BCUT2D eigenvalue weighted by molar-refractivity contribution is 0.518. The van der Waals surface area contributed by atoms with Crippen molar-refractivity contribution < 1.29 is 0 Å². The quantitative estimate of drug-likeness (QED) is 0.105. The highest BCUT2D eigenvalue weighted by Gasteiger charge is 2.08. The minimum atomic E-state index is 0.194. The normalized spacial score (nSPS) is 15.4. The molecule has 0 aliphatic heterocycles. The van der Waals surface area contributed by atoms with Crippen molar-refractivity contribution in [3.63, 3.8) is 0 Å². The number of rotatable bonds is 9. The monoisotopic (exact) mass is 634 g/mol. The van der Waals surface area contributed by atoms with Crippen LogP contribution >= 0.6 is 75.8 Å². The van der Waals surface area contributed by atoms with Crippen molar-refractivity contribution in [2.24, 2.45) is 5.92 Å². The third-order valence-electron chi connectivity index (χ3n) is 5.38. The summed E-state index contributed by atoms with van der Waals surface area (Å²) in [7, 11) is 0. The van der Waals surface area contributed by atoms with Crippen LogP contribution in [-0.2, 0) is 0 Å². The zero-order valence-electron chi connectivity index (χ0n) is 26.1. The van der Waals surface area contributed by atoms with E-state index in [-0.39, 0.29) is 4.75 Å². The maximum absolute atomic E-state index is 4.36. The molecule has 0 heterocycles. The molecule has 0 unspecified atom stereocenters. The lowest BCUT2D eigenvalue weighted by atomic mass is 10.0. The summed E-state index contributed by atoms with van der Waals surface area (Å²) in [5.74, 6) is 3.95. The molecule has 0 aromatic carbocycles. The predicted molar refractivity (Wildman–Crippen MR) is 201 cm³/mol. The Kier molecular flexibility index (Phi) is 47.4. The Morgan fingerprint density at radius 3 is 1.08 bits per heavy atom. The summed E-state index contributed by atoms with van der Waals surface area (Å²) >= 11 is 25.0. The third-order valence-corrected chi connectivity index (χ3v) is 7.30. The van der Waals surface area contributed by atoms with Crippen LogP contribution in [0.25, 0.3) is 0 Å². The maximum Gasteiger partial charge on any atom is 0.00449 e. The van der Waals surface area contributed by atoms with Crippen molar-refractivity contribution >= 4 is 75.8 Å². The topological polar surface area (TPSA) is 0 Å². The Morgan fingerprint density at radius 1 is 0.595 bits per heavy atom. The van der Waals surface area contributed by atoms with E-state index in [4.69, 9.17) is 0 Å². The largest absolute Gasteiger partial charge is 0.179 e. The molecule has 0 saturated heterocycles. The Morgan fingerprint density at radius 2 is 0.919 bits per heavy atom. The molecule has 2 aliphatic carbocycles. The summed E-state index contributed by atoms with van der Waals surface area (Å²) in [4.78, 5) is 0. The van der Waals surface area contributed by atoms with Crippen LogP contribution in [-0.4, -0.2) is 32.5 Å². The average molecular weight is 635 g/mol. The van der Waals surface area contributed by atoms with Gasteiger partial charge >= 0.3 is 0 Å². The number of hydrogen-bond donors (Lipinski definition) is 6. The summed E-state index contributed by atoms with van der Waals surface area (Å²) < 4.78 is 0.194. The van der Waals surface area contributed by atoms with Crippen LogP contribution in [0.4, 0.5) is 0 Å². The van der Waals surface area contributed by atoms with Crippen molar-refractivity contribution in [1.82, 2.24) is 0 Å². The molecule has 230 valence electrons. The highest BCUT2D eigenvalue weighted by Crippen LogP contribution is 2.22. The minimum absolute atomic E-state index is 0.194. The molecule has 2 saturated carbocycles. The van der Waals surface area contributed by atoms with Crippen LogP contribution in [0.5, 0.6) is 0 Å². The summed E-state index contributed by atoms with van der Waals surface area (Å²) in [6.45, 7) is 15.0. The van der Waals surface area contributed by atoms with E-state index < -0.39 is 0 Å². The number of hydrogen-bond acceptors (Lipinski definition) is 6. The SMILES string of the molecule is CC(C)(C)S.CC(C)CCS.CCCCCCS.CCCCCS.SC1CCCC1.SC1CCCCC1. The van der Waals surface area contributed by atoms with Gasteiger partial charge in [0.15, 0.2) is 0 Å². The van der Waals surface area contributed by atoms with Gasteiger partial charge in [-0.25, -0.2) is 0 Å². The van der Waals surface area contributed by atoms with E-state index in [1.165, 1.54) is 109 Å². The van der Waals surface area contributed by atoms with Gasteiger partial charge in [0.05, 0.1) is 0 Å². The predicted octanol–water partition coefficient (Wildman–Crippen LogP) is 12.4. The van der Waals surface area contributed by atoms with Gasteiger partial charge in [-0.2, -0.15) is 75.8 Å². The minimum Gasteiger partial charge on any atom is -0.179 e. The zero-order chi connectivity index (χ0) is 29.4. The van der Waals surface area contributed by atoms with E-state index in [2.05, 4.69) is 124 Å². The van der Waals surface area contributed by atoms with E-state index in [0.29, 0.717) is 0 Å². The van der Waals surface area contributed by atoms with Crippen LogP contribution < -0.4 is 0 Å². The molecular weight excluding hydrogens is 565 g/mol. The molecule has 0 N–H and O–H groups in total. The second-order valence-corrected chi connectivity index (χ2v) is 15.7. The Labute approximate surface area is 270 Å². The fraction of sp³-hybridized carbons (Fsp3) is 1.00. The highest BCUT2D eigenvalue weighted by atomic mass is 32.1. The van der Waals surface area contributed by atoms with Gasteiger partial charge in [0, 0.05) is 15.2 Å². The molecule has 0 spiro atoms. The first-order valence-electron chi connectivity index (χ1n) is 15.3. The first kappa shape index (κ1) is 46.1. The van der Waals surface area contributed by atoms with Crippen LogP contribution in [0.15, 0.2) is 0 Å². The lowest BCUT2D eigenvalue weighted by Gasteiger charge is -2.14. The summed E-state index contributed by atoms with van der Waals surface area (Å²) in [6, 6.07) is 0. The fourth-order valence-electron chi connectivity index (χ4n) is 3.14. The van der Waals surface area contributed by atoms with Gasteiger partial charge in [0.2, 0.25) is 0 Å². The van der Waals surface area contributed by atoms with Crippen LogP contribution in [0.3, 0.4) is 0 Å². The van der Waals surface area contributed by atoms with Crippen LogP contribution in [0.1, 0.15) is 158 Å². The fourth-order valence-corrected chi connectivity index (χ4v) is 4.84. The van der Waals surface area contributed by atoms with Crippen molar-refractivity contribution in [2.45, 2.75) is 173 Å². The summed E-state index contributed by atoms with van der Waals surface area (Å²) in [5, 5.41) is 1.47. The lowest BCUT2D eigenvalue weighted by Crippen LogP contribution is -2.03. The standard InChI is InChI=1S/C6H12S.C6H14S.C5H10S.2C5H12S.C4H10S/c7-6-4-2-1-3-5-6;1-2-3-4-5-6-7;6-5-3-1-2-4-5;1-5(2)3-4-6;1-2-3-4-5-6;1-4(2,3)5/h6-7H,1-5H2;7H,2-6H2,1H3;5-6H,1-4H2;5-6H,3-4H2,1-2H3;6H,2-5H2,1H3;5H,1-3H3. The molecule has 2 rings (SSSR count). The number of unbranched alkanes of at least 4 members (excludes halogenated alkanes) is 5. The van der Waals surface area contributed by atoms with E-state index in [0.717, 1.165) is 33.7 Å². The van der Waals surface area contributed by atoms with Crippen molar-refractivity contribution in [3.05, 3.63) is 0 Å². The molecule has 0 radical (unpaired) electrons. The van der Waals surface area contributed by atoms with Crippen molar-refractivity contribution in [2.75, 3.05) is 17.3 Å². The third kappa shape index (κ3) is 67.6. The molecule has 0 bridgehead atoms. The highest BCUT2D eigenvalue weighted by molar-refractivity contribution is 7.81. The maximum atomic E-state index is 4.36. The molecule has 0 aromatic heterocycles. The molecule has 0 atom stereocenters. The first-order valence-corrected chi connectivity index (χ1v) is 18.7. The molecule has 0 aromatic rings. The van der Waals surface area contributed by atoms with Gasteiger partial charge in [-0.05, 0) is 68.1 Å². The average Bonchev–Trinajstić information content (AvgIpc) is 3.30. The first-order chi connectivity index (χ1) is 17.4. The second-order valence-electron chi connectivity index (χ2n) is 11.5. The van der Waals surface area contributed by atoms with Crippen LogP contribution in [0, 0.1) is 5.92 Å². The molecule has 0 amide bonds. The van der Waals surface area contributed by atoms with Gasteiger partial charge < -0.3 is 0 Å². The van der Waals surface area contributed by atoms with Gasteiger partial charge in [-0.3, -0.25) is 0 Å². The van der Waals surface area contributed by atoms with Gasteiger partial charge in [0.1, 0.15) is 0 Å². The van der Waals surface area contributed by atoms with Crippen molar-refractivity contribution in [3.8, 4) is 0 Å². The summed E-state index contributed by atoms with van der Waals surface area (Å²) in [6.07, 6.45) is 23.0. The molecule has 0 nitrogen and oxygen atoms in total. The van der Waals surface area contributed by atoms with E-state index in [9.17, 15) is 0 Å². The molecule has 2 fully saturated rings. The molecular formula is C31H70S6. The summed E-state index contributed by atoms with van der Waals surface area (Å²) in [5.41, 5.74) is 0. The Balaban J connectivity index is -0.000000177. The van der Waals surface area contributed by atoms with E-state index in [1.807, 2.05) is 0 Å². The van der Waals surface area contributed by atoms with Crippen LogP contribution in [0.2, 0.25) is 0 Å². The second kappa shape index (κ2) is 38.1. The van der Waals surface area contributed by atoms with Gasteiger partial charge in [0.25, 0.3) is 0 Å². The molecule has 6 heteroatoms. The number of thiol groups is 6. The zero-order valence-corrected chi connectivity index (χ0v) is 31.4. The molecule has 37 heavy (non-hydrogen) atoms.